The van der Waals surface area contributed by atoms with E-state index >= 15 is 0 Å². The van der Waals surface area contributed by atoms with Gasteiger partial charge in [0.15, 0.2) is 0 Å². The highest BCUT2D eigenvalue weighted by Gasteiger charge is 2.44. The van der Waals surface area contributed by atoms with Gasteiger partial charge < -0.3 is 14.2 Å². The SMILES string of the molecule is O=C(OCc1ccccc1)OCC1CCC2OC2C1. The molecule has 1 aromatic carbocycles. The Morgan fingerprint density at radius 2 is 2.00 bits per heavy atom. The molecule has 2 fully saturated rings. The number of benzene rings is 1. The fraction of sp³-hybridized carbons (Fsp3) is 0.533. The highest BCUT2D eigenvalue weighted by molar-refractivity contribution is 5.59. The maximum Gasteiger partial charge on any atom is 0.508 e. The first-order valence-corrected chi connectivity index (χ1v) is 6.80. The lowest BCUT2D eigenvalue weighted by atomic mass is 9.90. The first-order valence-electron chi connectivity index (χ1n) is 6.80. The van der Waals surface area contributed by atoms with Crippen molar-refractivity contribution in [3.8, 4) is 0 Å². The Kier molecular flexibility index (Phi) is 3.69. The predicted octanol–water partition coefficient (Wildman–Crippen LogP) is 2.91. The first-order chi connectivity index (χ1) is 9.31. The average molecular weight is 262 g/mol. The molecule has 2 aliphatic rings. The highest BCUT2D eigenvalue weighted by atomic mass is 16.7. The summed E-state index contributed by atoms with van der Waals surface area (Å²) in [6.45, 7) is 0.707. The van der Waals surface area contributed by atoms with Crippen LogP contribution in [0.3, 0.4) is 0 Å². The third-order valence-corrected chi connectivity index (χ3v) is 3.75. The fourth-order valence-electron chi connectivity index (χ4n) is 2.58. The number of carbonyl (C=O) groups excluding carboxylic acids is 1. The molecule has 3 atom stereocenters. The van der Waals surface area contributed by atoms with Crippen molar-refractivity contribution in [3.63, 3.8) is 0 Å². The van der Waals surface area contributed by atoms with Gasteiger partial charge in [-0.25, -0.2) is 4.79 Å². The van der Waals surface area contributed by atoms with Crippen LogP contribution in [0.4, 0.5) is 4.79 Å². The Morgan fingerprint density at radius 1 is 1.16 bits per heavy atom. The summed E-state index contributed by atoms with van der Waals surface area (Å²) in [6, 6.07) is 9.59. The summed E-state index contributed by atoms with van der Waals surface area (Å²) in [6.07, 6.45) is 3.51. The zero-order valence-corrected chi connectivity index (χ0v) is 10.8. The van der Waals surface area contributed by atoms with E-state index in [2.05, 4.69) is 0 Å². The molecule has 0 N–H and O–H groups in total. The topological polar surface area (TPSA) is 48.1 Å². The summed E-state index contributed by atoms with van der Waals surface area (Å²) in [7, 11) is 0. The molecule has 1 aliphatic carbocycles. The van der Waals surface area contributed by atoms with Crippen molar-refractivity contribution in [1.29, 1.82) is 0 Å². The molecule has 1 aromatic rings. The van der Waals surface area contributed by atoms with E-state index in [0.717, 1.165) is 24.8 Å². The number of hydrogen-bond donors (Lipinski definition) is 0. The fourth-order valence-corrected chi connectivity index (χ4v) is 2.58. The maximum absolute atomic E-state index is 11.5. The van der Waals surface area contributed by atoms with E-state index in [1.54, 1.807) is 0 Å². The van der Waals surface area contributed by atoms with Crippen molar-refractivity contribution in [2.75, 3.05) is 6.61 Å². The molecular formula is C15H18O4. The average Bonchev–Trinajstić information content (AvgIpc) is 3.22. The minimum Gasteiger partial charge on any atom is -0.434 e. The van der Waals surface area contributed by atoms with Crippen LogP contribution in [0.2, 0.25) is 0 Å². The molecule has 0 spiro atoms. The Bertz CT molecular complexity index is 431. The van der Waals surface area contributed by atoms with Gasteiger partial charge in [0, 0.05) is 0 Å². The monoisotopic (exact) mass is 262 g/mol. The number of hydrogen-bond acceptors (Lipinski definition) is 4. The third kappa shape index (κ3) is 3.47. The second kappa shape index (κ2) is 5.61. The normalized spacial score (nSPS) is 28.3. The molecule has 0 amide bonds. The minimum absolute atomic E-state index is 0.262. The van der Waals surface area contributed by atoms with Gasteiger partial charge in [0.25, 0.3) is 0 Å². The Balaban J connectivity index is 1.35. The van der Waals surface area contributed by atoms with Crippen molar-refractivity contribution in [3.05, 3.63) is 35.9 Å². The van der Waals surface area contributed by atoms with Gasteiger partial charge in [0.2, 0.25) is 0 Å². The van der Waals surface area contributed by atoms with Crippen molar-refractivity contribution in [2.24, 2.45) is 5.92 Å². The zero-order valence-electron chi connectivity index (χ0n) is 10.8. The molecule has 102 valence electrons. The van der Waals surface area contributed by atoms with Gasteiger partial charge in [-0.1, -0.05) is 30.3 Å². The van der Waals surface area contributed by atoms with Crippen LogP contribution >= 0.6 is 0 Å². The van der Waals surface area contributed by atoms with Gasteiger partial charge >= 0.3 is 6.16 Å². The standard InChI is InChI=1S/C15H18O4/c16-15(17-9-11-4-2-1-3-5-11)18-10-12-6-7-13-14(8-12)19-13/h1-5,12-14H,6-10H2. The van der Waals surface area contributed by atoms with E-state index in [1.807, 2.05) is 30.3 Å². The van der Waals surface area contributed by atoms with E-state index in [4.69, 9.17) is 14.2 Å². The highest BCUT2D eigenvalue weighted by Crippen LogP contribution is 2.39. The number of carbonyl (C=O) groups is 1. The van der Waals surface area contributed by atoms with Gasteiger partial charge in [-0.2, -0.15) is 0 Å². The van der Waals surface area contributed by atoms with Crippen LogP contribution in [0.15, 0.2) is 30.3 Å². The van der Waals surface area contributed by atoms with Crippen molar-refractivity contribution < 1.29 is 19.0 Å². The molecular weight excluding hydrogens is 244 g/mol. The number of fused-ring (bicyclic) bond motifs is 1. The molecule has 19 heavy (non-hydrogen) atoms. The largest absolute Gasteiger partial charge is 0.508 e. The van der Waals surface area contributed by atoms with Crippen molar-refractivity contribution in [1.82, 2.24) is 0 Å². The van der Waals surface area contributed by atoms with Gasteiger partial charge in [0.05, 0.1) is 18.8 Å². The summed E-state index contributed by atoms with van der Waals surface area (Å²) < 4.78 is 15.7. The number of ether oxygens (including phenoxy) is 3. The lowest BCUT2D eigenvalue weighted by Crippen LogP contribution is -2.20. The second-order valence-corrected chi connectivity index (χ2v) is 5.23. The van der Waals surface area contributed by atoms with Crippen molar-refractivity contribution >= 4 is 6.16 Å². The van der Waals surface area contributed by atoms with E-state index in [9.17, 15) is 4.79 Å². The molecule has 3 unspecified atom stereocenters. The molecule has 4 heteroatoms. The van der Waals surface area contributed by atoms with E-state index in [0.29, 0.717) is 24.7 Å². The molecule has 4 nitrogen and oxygen atoms in total. The van der Waals surface area contributed by atoms with Crippen molar-refractivity contribution in [2.45, 2.75) is 38.1 Å². The van der Waals surface area contributed by atoms with Crippen LogP contribution in [0.25, 0.3) is 0 Å². The lowest BCUT2D eigenvalue weighted by molar-refractivity contribution is 0.0359. The summed E-state index contributed by atoms with van der Waals surface area (Å²) in [5.74, 6) is 0.424. The lowest BCUT2D eigenvalue weighted by Gasteiger charge is -2.18. The van der Waals surface area contributed by atoms with E-state index in [-0.39, 0.29) is 6.61 Å². The Labute approximate surface area is 112 Å². The summed E-state index contributed by atoms with van der Waals surface area (Å²) in [5.41, 5.74) is 0.964. The van der Waals surface area contributed by atoms with E-state index in [1.165, 1.54) is 0 Å². The first kappa shape index (κ1) is 12.5. The van der Waals surface area contributed by atoms with Crippen LogP contribution in [0.1, 0.15) is 24.8 Å². The van der Waals surface area contributed by atoms with Crippen LogP contribution in [0, 0.1) is 5.92 Å². The quantitative estimate of drug-likeness (QED) is 0.618. The molecule has 1 heterocycles. The second-order valence-electron chi connectivity index (χ2n) is 5.23. The molecule has 0 radical (unpaired) electrons. The Hall–Kier alpha value is -1.55. The van der Waals surface area contributed by atoms with Gasteiger partial charge in [-0.3, -0.25) is 0 Å². The summed E-state index contributed by atoms with van der Waals surface area (Å²) >= 11 is 0. The number of rotatable bonds is 4. The summed E-state index contributed by atoms with van der Waals surface area (Å²) in [5, 5.41) is 0. The molecule has 3 rings (SSSR count). The van der Waals surface area contributed by atoms with Gasteiger partial charge in [0.1, 0.15) is 6.61 Å². The zero-order chi connectivity index (χ0) is 13.1. The van der Waals surface area contributed by atoms with Gasteiger partial charge in [-0.05, 0) is 30.7 Å². The molecule has 1 saturated carbocycles. The Morgan fingerprint density at radius 3 is 2.79 bits per heavy atom. The van der Waals surface area contributed by atoms with E-state index < -0.39 is 6.16 Å². The predicted molar refractivity (Wildman–Crippen MR) is 68.6 cm³/mol. The minimum atomic E-state index is -0.581. The smallest absolute Gasteiger partial charge is 0.434 e. The number of epoxide rings is 1. The molecule has 0 bridgehead atoms. The van der Waals surface area contributed by atoms with Crippen LogP contribution in [0.5, 0.6) is 0 Å². The maximum atomic E-state index is 11.5. The van der Waals surface area contributed by atoms with Crippen LogP contribution in [-0.2, 0) is 20.8 Å². The van der Waals surface area contributed by atoms with Gasteiger partial charge in [-0.15, -0.1) is 0 Å². The molecule has 0 aromatic heterocycles. The van der Waals surface area contributed by atoms with Crippen LogP contribution < -0.4 is 0 Å². The van der Waals surface area contributed by atoms with Crippen LogP contribution in [-0.4, -0.2) is 25.0 Å². The third-order valence-electron chi connectivity index (χ3n) is 3.75. The summed E-state index contributed by atoms with van der Waals surface area (Å²) in [4.78, 5) is 11.5. The molecule has 1 aliphatic heterocycles. The molecule has 1 saturated heterocycles.